The Labute approximate surface area is 118 Å². The van der Waals surface area contributed by atoms with Gasteiger partial charge in [0.05, 0.1) is 18.3 Å². The van der Waals surface area contributed by atoms with E-state index in [1.807, 2.05) is 31.2 Å². The normalized spacial score (nSPS) is 19.1. The summed E-state index contributed by atoms with van der Waals surface area (Å²) in [5.74, 6) is 0.790. The molecule has 104 valence electrons. The molecule has 2 heterocycles. The molecule has 1 aromatic heterocycles. The van der Waals surface area contributed by atoms with Gasteiger partial charge in [0, 0.05) is 6.54 Å². The van der Waals surface area contributed by atoms with Crippen LogP contribution in [0.3, 0.4) is 0 Å². The predicted octanol–water partition coefficient (Wildman–Crippen LogP) is 2.17. The second-order valence-corrected chi connectivity index (χ2v) is 5.15. The minimum Gasteiger partial charge on any atom is -0.467 e. The lowest BCUT2D eigenvalue weighted by Crippen LogP contribution is -2.48. The van der Waals surface area contributed by atoms with Crippen LogP contribution in [-0.4, -0.2) is 11.9 Å². The predicted molar refractivity (Wildman–Crippen MR) is 76.0 cm³/mol. The molecule has 0 bridgehead atoms. The van der Waals surface area contributed by atoms with Crippen LogP contribution < -0.4 is 10.6 Å². The Morgan fingerprint density at radius 1 is 1.30 bits per heavy atom. The van der Waals surface area contributed by atoms with Crippen molar-refractivity contribution in [2.45, 2.75) is 32.0 Å². The highest BCUT2D eigenvalue weighted by Crippen LogP contribution is 2.17. The van der Waals surface area contributed by atoms with Crippen LogP contribution in [-0.2, 0) is 17.8 Å². The van der Waals surface area contributed by atoms with Crippen LogP contribution in [0.2, 0.25) is 0 Å². The first-order valence-corrected chi connectivity index (χ1v) is 6.88. The van der Waals surface area contributed by atoms with Crippen molar-refractivity contribution < 1.29 is 9.21 Å². The molecule has 20 heavy (non-hydrogen) atoms. The van der Waals surface area contributed by atoms with Gasteiger partial charge in [-0.3, -0.25) is 4.79 Å². The molecule has 0 saturated heterocycles. The Morgan fingerprint density at radius 2 is 2.10 bits per heavy atom. The van der Waals surface area contributed by atoms with Crippen molar-refractivity contribution in [2.24, 2.45) is 0 Å². The number of rotatable bonds is 3. The molecule has 1 unspecified atom stereocenters. The molecule has 2 atom stereocenters. The largest absolute Gasteiger partial charge is 0.467 e. The Morgan fingerprint density at radius 3 is 2.85 bits per heavy atom. The van der Waals surface area contributed by atoms with E-state index in [0.717, 1.165) is 18.7 Å². The van der Waals surface area contributed by atoms with Crippen molar-refractivity contribution in [1.29, 1.82) is 0 Å². The van der Waals surface area contributed by atoms with Crippen LogP contribution in [0, 0.1) is 0 Å². The molecule has 4 nitrogen and oxygen atoms in total. The average molecular weight is 270 g/mol. The molecule has 1 amide bonds. The van der Waals surface area contributed by atoms with Crippen LogP contribution in [0.5, 0.6) is 0 Å². The number of nitrogens with one attached hydrogen (secondary N) is 2. The Hall–Kier alpha value is -2.07. The van der Waals surface area contributed by atoms with Crippen molar-refractivity contribution in [3.8, 4) is 0 Å². The highest BCUT2D eigenvalue weighted by Gasteiger charge is 2.25. The van der Waals surface area contributed by atoms with Crippen molar-refractivity contribution in [2.75, 3.05) is 0 Å². The molecule has 2 N–H and O–H groups in total. The van der Waals surface area contributed by atoms with E-state index in [-0.39, 0.29) is 18.0 Å². The summed E-state index contributed by atoms with van der Waals surface area (Å²) in [6, 6.07) is 11.6. The zero-order valence-corrected chi connectivity index (χ0v) is 11.4. The van der Waals surface area contributed by atoms with E-state index in [1.54, 1.807) is 6.26 Å². The van der Waals surface area contributed by atoms with E-state index in [0.29, 0.717) is 0 Å². The van der Waals surface area contributed by atoms with E-state index < -0.39 is 0 Å². The molecule has 0 saturated carbocycles. The summed E-state index contributed by atoms with van der Waals surface area (Å²) in [7, 11) is 0. The van der Waals surface area contributed by atoms with Gasteiger partial charge in [-0.25, -0.2) is 0 Å². The molecule has 0 radical (unpaired) electrons. The second kappa shape index (κ2) is 5.51. The number of hydrogen-bond acceptors (Lipinski definition) is 3. The smallest absolute Gasteiger partial charge is 0.238 e. The SMILES string of the molecule is C[C@@H](NC(=O)C1Cc2ccccc2CN1)c1ccco1. The zero-order valence-electron chi connectivity index (χ0n) is 11.4. The molecule has 1 aromatic carbocycles. The van der Waals surface area contributed by atoms with Crippen molar-refractivity contribution in [3.63, 3.8) is 0 Å². The molecule has 2 aromatic rings. The van der Waals surface area contributed by atoms with E-state index >= 15 is 0 Å². The van der Waals surface area contributed by atoms with Gasteiger partial charge in [-0.05, 0) is 36.6 Å². The van der Waals surface area contributed by atoms with Gasteiger partial charge in [0.15, 0.2) is 0 Å². The average Bonchev–Trinajstić information content (AvgIpc) is 3.01. The quantitative estimate of drug-likeness (QED) is 0.898. The third kappa shape index (κ3) is 2.60. The Kier molecular flexibility index (Phi) is 3.56. The Balaban J connectivity index is 1.64. The molecule has 1 aliphatic heterocycles. The molecule has 0 aliphatic carbocycles. The first kappa shape index (κ1) is 12.9. The van der Waals surface area contributed by atoms with Gasteiger partial charge >= 0.3 is 0 Å². The summed E-state index contributed by atoms with van der Waals surface area (Å²) in [4.78, 5) is 12.3. The van der Waals surface area contributed by atoms with Crippen molar-refractivity contribution >= 4 is 5.91 Å². The van der Waals surface area contributed by atoms with Gasteiger partial charge in [-0.15, -0.1) is 0 Å². The number of fused-ring (bicyclic) bond motifs is 1. The maximum atomic E-state index is 12.3. The topological polar surface area (TPSA) is 54.3 Å². The highest BCUT2D eigenvalue weighted by molar-refractivity contribution is 5.82. The van der Waals surface area contributed by atoms with Gasteiger partial charge in [0.1, 0.15) is 5.76 Å². The van der Waals surface area contributed by atoms with Gasteiger partial charge in [0.25, 0.3) is 0 Å². The van der Waals surface area contributed by atoms with Gasteiger partial charge < -0.3 is 15.1 Å². The lowest BCUT2D eigenvalue weighted by molar-refractivity contribution is -0.124. The van der Waals surface area contributed by atoms with E-state index in [4.69, 9.17) is 4.42 Å². The molecular formula is C16H18N2O2. The van der Waals surface area contributed by atoms with Crippen molar-refractivity contribution in [1.82, 2.24) is 10.6 Å². The summed E-state index contributed by atoms with van der Waals surface area (Å²) in [5, 5.41) is 6.27. The molecular weight excluding hydrogens is 252 g/mol. The monoisotopic (exact) mass is 270 g/mol. The summed E-state index contributed by atoms with van der Waals surface area (Å²) >= 11 is 0. The number of benzene rings is 1. The summed E-state index contributed by atoms with van der Waals surface area (Å²) in [6.07, 6.45) is 2.35. The molecule has 0 fully saturated rings. The van der Waals surface area contributed by atoms with E-state index in [2.05, 4.69) is 22.8 Å². The summed E-state index contributed by atoms with van der Waals surface area (Å²) in [6.45, 7) is 2.66. The third-order valence-electron chi connectivity index (χ3n) is 3.73. The number of carbonyl (C=O) groups excluding carboxylic acids is 1. The molecule has 0 spiro atoms. The van der Waals surface area contributed by atoms with Crippen LogP contribution in [0.4, 0.5) is 0 Å². The fraction of sp³-hybridized carbons (Fsp3) is 0.312. The minimum atomic E-state index is -0.178. The van der Waals surface area contributed by atoms with Crippen molar-refractivity contribution in [3.05, 3.63) is 59.5 Å². The van der Waals surface area contributed by atoms with Crippen LogP contribution in [0.25, 0.3) is 0 Å². The fourth-order valence-electron chi connectivity index (χ4n) is 2.56. The number of amides is 1. The minimum absolute atomic E-state index is 0.0170. The summed E-state index contributed by atoms with van der Waals surface area (Å²) < 4.78 is 5.30. The van der Waals surface area contributed by atoms with Crippen LogP contribution in [0.1, 0.15) is 29.9 Å². The van der Waals surface area contributed by atoms with Gasteiger partial charge in [-0.1, -0.05) is 24.3 Å². The molecule has 1 aliphatic rings. The summed E-state index contributed by atoms with van der Waals surface area (Å²) in [5.41, 5.74) is 2.52. The van der Waals surface area contributed by atoms with Crippen LogP contribution >= 0.6 is 0 Å². The first-order valence-electron chi connectivity index (χ1n) is 6.88. The van der Waals surface area contributed by atoms with E-state index in [9.17, 15) is 4.79 Å². The Bertz CT molecular complexity index is 592. The maximum Gasteiger partial charge on any atom is 0.238 e. The standard InChI is InChI=1S/C16H18N2O2/c1-11(15-7-4-8-20-15)18-16(19)14-9-12-5-2-3-6-13(12)10-17-14/h2-8,11,14,17H,9-10H2,1H3,(H,18,19)/t11-,14?/m1/s1. The van der Waals surface area contributed by atoms with Gasteiger partial charge in [-0.2, -0.15) is 0 Å². The third-order valence-corrected chi connectivity index (χ3v) is 3.73. The lowest BCUT2D eigenvalue weighted by Gasteiger charge is -2.26. The first-order chi connectivity index (χ1) is 9.74. The number of hydrogen-bond donors (Lipinski definition) is 2. The second-order valence-electron chi connectivity index (χ2n) is 5.15. The van der Waals surface area contributed by atoms with Crippen LogP contribution in [0.15, 0.2) is 47.1 Å². The fourth-order valence-corrected chi connectivity index (χ4v) is 2.56. The lowest BCUT2D eigenvalue weighted by atomic mass is 9.95. The number of furan rings is 1. The molecule has 3 rings (SSSR count). The highest BCUT2D eigenvalue weighted by atomic mass is 16.3. The zero-order chi connectivity index (χ0) is 13.9. The maximum absolute atomic E-state index is 12.3. The molecule has 4 heteroatoms. The van der Waals surface area contributed by atoms with E-state index in [1.165, 1.54) is 11.1 Å². The number of carbonyl (C=O) groups is 1. The van der Waals surface area contributed by atoms with Gasteiger partial charge in [0.2, 0.25) is 5.91 Å².